The molecule has 4 nitrogen and oxygen atoms in total. The van der Waals surface area contributed by atoms with Crippen molar-refractivity contribution in [3.63, 3.8) is 0 Å². The van der Waals surface area contributed by atoms with Crippen molar-refractivity contribution in [3.05, 3.63) is 35.4 Å². The van der Waals surface area contributed by atoms with Crippen LogP contribution in [-0.4, -0.2) is 15.0 Å². The van der Waals surface area contributed by atoms with Crippen molar-refractivity contribution in [3.8, 4) is 0 Å². The van der Waals surface area contributed by atoms with Crippen LogP contribution in [0.15, 0.2) is 24.3 Å². The van der Waals surface area contributed by atoms with Gasteiger partial charge < -0.3 is 5.73 Å². The summed E-state index contributed by atoms with van der Waals surface area (Å²) in [5.41, 5.74) is 7.51. The molecule has 1 aliphatic carbocycles. The zero-order chi connectivity index (χ0) is 14.8. The quantitative estimate of drug-likeness (QED) is 0.808. The van der Waals surface area contributed by atoms with Gasteiger partial charge in [-0.25, -0.2) is 13.1 Å². The second-order valence-corrected chi connectivity index (χ2v) is 7.88. The van der Waals surface area contributed by atoms with Crippen LogP contribution < -0.4 is 10.5 Å². The fourth-order valence-electron chi connectivity index (χ4n) is 2.53. The predicted octanol–water partition coefficient (Wildman–Crippen LogP) is 2.00. The summed E-state index contributed by atoms with van der Waals surface area (Å²) in [7, 11) is -3.30. The molecule has 0 unspecified atom stereocenters. The number of sulfonamides is 1. The Kier molecular flexibility index (Phi) is 4.52. The Morgan fingerprint density at radius 2 is 1.85 bits per heavy atom. The van der Waals surface area contributed by atoms with E-state index in [-0.39, 0.29) is 11.2 Å². The Morgan fingerprint density at radius 1 is 1.25 bits per heavy atom. The van der Waals surface area contributed by atoms with E-state index in [1.807, 2.05) is 24.3 Å². The summed E-state index contributed by atoms with van der Waals surface area (Å²) in [6.07, 6.45) is 2.24. The van der Waals surface area contributed by atoms with E-state index >= 15 is 0 Å². The lowest BCUT2D eigenvalue weighted by Crippen LogP contribution is -2.33. The van der Waals surface area contributed by atoms with E-state index in [0.717, 1.165) is 24.0 Å². The third-order valence-corrected chi connectivity index (χ3v) is 5.72. The van der Waals surface area contributed by atoms with Gasteiger partial charge in [-0.15, -0.1) is 0 Å². The maximum Gasteiger partial charge on any atom is 0.215 e. The molecule has 0 bridgehead atoms. The van der Waals surface area contributed by atoms with Crippen LogP contribution in [-0.2, 0) is 22.3 Å². The van der Waals surface area contributed by atoms with Crippen LogP contribution in [0.1, 0.15) is 37.8 Å². The van der Waals surface area contributed by atoms with Gasteiger partial charge in [0, 0.05) is 13.1 Å². The van der Waals surface area contributed by atoms with Gasteiger partial charge in [0.1, 0.15) is 0 Å². The van der Waals surface area contributed by atoms with E-state index in [9.17, 15) is 8.42 Å². The second-order valence-electron chi connectivity index (χ2n) is 6.07. The van der Waals surface area contributed by atoms with Gasteiger partial charge in [0.15, 0.2) is 0 Å². The van der Waals surface area contributed by atoms with Gasteiger partial charge in [-0.05, 0) is 35.3 Å². The summed E-state index contributed by atoms with van der Waals surface area (Å²) in [4.78, 5) is 0. The lowest BCUT2D eigenvalue weighted by molar-refractivity contribution is 0.357. The molecular formula is C15H24N2O2S. The minimum absolute atomic E-state index is 0.00848. The maximum absolute atomic E-state index is 12.2. The molecule has 0 amide bonds. The van der Waals surface area contributed by atoms with Crippen LogP contribution in [0.2, 0.25) is 0 Å². The minimum Gasteiger partial charge on any atom is -0.326 e. The molecule has 1 saturated carbocycles. The molecule has 0 saturated heterocycles. The Labute approximate surface area is 121 Å². The summed E-state index contributed by atoms with van der Waals surface area (Å²) in [5.74, 6) is 0.524. The van der Waals surface area contributed by atoms with Gasteiger partial charge in [0.05, 0.1) is 5.75 Å². The molecule has 0 heterocycles. The molecule has 0 aromatic heterocycles. The van der Waals surface area contributed by atoms with Crippen molar-refractivity contribution in [2.45, 2.75) is 39.0 Å². The number of benzene rings is 1. The second kappa shape index (κ2) is 5.84. The highest BCUT2D eigenvalue weighted by molar-refractivity contribution is 7.88. The average molecular weight is 296 g/mol. The van der Waals surface area contributed by atoms with Gasteiger partial charge in [-0.3, -0.25) is 0 Å². The first-order valence-corrected chi connectivity index (χ1v) is 8.78. The van der Waals surface area contributed by atoms with Crippen LogP contribution in [0.4, 0.5) is 0 Å². The molecule has 1 aromatic carbocycles. The largest absolute Gasteiger partial charge is 0.326 e. The molecule has 0 spiro atoms. The SMILES string of the molecule is CC(C)C1(CNS(=O)(=O)Cc2ccccc2CN)CC1. The zero-order valence-electron chi connectivity index (χ0n) is 12.2. The zero-order valence-corrected chi connectivity index (χ0v) is 13.0. The first kappa shape index (κ1) is 15.5. The van der Waals surface area contributed by atoms with Crippen LogP contribution in [0.3, 0.4) is 0 Å². The van der Waals surface area contributed by atoms with Gasteiger partial charge in [0.2, 0.25) is 10.0 Å². The fraction of sp³-hybridized carbons (Fsp3) is 0.600. The molecule has 5 heteroatoms. The topological polar surface area (TPSA) is 72.2 Å². The van der Waals surface area contributed by atoms with Gasteiger partial charge in [0.25, 0.3) is 0 Å². The van der Waals surface area contributed by atoms with Gasteiger partial charge in [-0.2, -0.15) is 0 Å². The van der Waals surface area contributed by atoms with Crippen LogP contribution in [0.25, 0.3) is 0 Å². The predicted molar refractivity (Wildman–Crippen MR) is 81.5 cm³/mol. The van der Waals surface area contributed by atoms with E-state index in [4.69, 9.17) is 5.73 Å². The van der Waals surface area contributed by atoms with Crippen molar-refractivity contribution in [1.82, 2.24) is 4.72 Å². The standard InChI is InChI=1S/C15H24N2O2S/c1-12(2)15(7-8-15)11-17-20(18,19)10-14-6-4-3-5-13(14)9-16/h3-6,12,17H,7-11,16H2,1-2H3. The van der Waals surface area contributed by atoms with Crippen molar-refractivity contribution in [2.24, 2.45) is 17.1 Å². The maximum atomic E-state index is 12.2. The average Bonchev–Trinajstić information content (AvgIpc) is 3.18. The molecule has 0 aliphatic heterocycles. The Bertz CT molecular complexity index is 563. The highest BCUT2D eigenvalue weighted by Crippen LogP contribution is 2.51. The summed E-state index contributed by atoms with van der Waals surface area (Å²) in [6.45, 7) is 5.23. The number of hydrogen-bond acceptors (Lipinski definition) is 3. The molecule has 2 rings (SSSR count). The van der Waals surface area contributed by atoms with Crippen molar-refractivity contribution < 1.29 is 8.42 Å². The summed E-state index contributed by atoms with van der Waals surface area (Å²) >= 11 is 0. The van der Waals surface area contributed by atoms with E-state index < -0.39 is 10.0 Å². The molecule has 20 heavy (non-hydrogen) atoms. The molecule has 1 aromatic rings. The monoisotopic (exact) mass is 296 g/mol. The lowest BCUT2D eigenvalue weighted by atomic mass is 9.93. The summed E-state index contributed by atoms with van der Waals surface area (Å²) in [5, 5.41) is 0. The Hall–Kier alpha value is -0.910. The van der Waals surface area contributed by atoms with Gasteiger partial charge >= 0.3 is 0 Å². The smallest absolute Gasteiger partial charge is 0.215 e. The molecular weight excluding hydrogens is 272 g/mol. The fourth-order valence-corrected chi connectivity index (χ4v) is 3.83. The summed E-state index contributed by atoms with van der Waals surface area (Å²) < 4.78 is 27.2. The molecule has 1 aliphatic rings. The number of hydrogen-bond donors (Lipinski definition) is 2. The number of nitrogens with two attached hydrogens (primary N) is 1. The van der Waals surface area contributed by atoms with E-state index in [1.165, 1.54) is 0 Å². The summed E-state index contributed by atoms with van der Waals surface area (Å²) in [6, 6.07) is 7.43. The molecule has 1 fully saturated rings. The van der Waals surface area contributed by atoms with Crippen molar-refractivity contribution >= 4 is 10.0 Å². The van der Waals surface area contributed by atoms with Crippen LogP contribution in [0.5, 0.6) is 0 Å². The van der Waals surface area contributed by atoms with E-state index in [1.54, 1.807) is 0 Å². The van der Waals surface area contributed by atoms with Crippen molar-refractivity contribution in [2.75, 3.05) is 6.54 Å². The molecule has 112 valence electrons. The number of nitrogens with one attached hydrogen (secondary N) is 1. The first-order valence-electron chi connectivity index (χ1n) is 7.13. The highest BCUT2D eigenvalue weighted by atomic mass is 32.2. The third-order valence-electron chi connectivity index (χ3n) is 4.44. The molecule has 3 N–H and O–H groups in total. The van der Waals surface area contributed by atoms with Crippen LogP contribution in [0, 0.1) is 11.3 Å². The third kappa shape index (κ3) is 3.59. The van der Waals surface area contributed by atoms with Gasteiger partial charge in [-0.1, -0.05) is 38.1 Å². The van der Waals surface area contributed by atoms with Crippen LogP contribution >= 0.6 is 0 Å². The minimum atomic E-state index is -3.30. The number of rotatable bonds is 7. The first-order chi connectivity index (χ1) is 9.38. The Balaban J connectivity index is 2.01. The molecule has 0 atom stereocenters. The normalized spacial score (nSPS) is 17.4. The Morgan fingerprint density at radius 3 is 2.35 bits per heavy atom. The highest BCUT2D eigenvalue weighted by Gasteiger charge is 2.45. The lowest BCUT2D eigenvalue weighted by Gasteiger charge is -2.20. The van der Waals surface area contributed by atoms with E-state index in [0.29, 0.717) is 19.0 Å². The van der Waals surface area contributed by atoms with E-state index in [2.05, 4.69) is 18.6 Å². The van der Waals surface area contributed by atoms with Crippen molar-refractivity contribution in [1.29, 1.82) is 0 Å². The molecule has 0 radical (unpaired) electrons.